The summed E-state index contributed by atoms with van der Waals surface area (Å²) in [6.45, 7) is 4.88. The zero-order valence-corrected chi connectivity index (χ0v) is 14.4. The van der Waals surface area contributed by atoms with Crippen LogP contribution in [0.1, 0.15) is 68.9 Å². The minimum absolute atomic E-state index is 0.461. The van der Waals surface area contributed by atoms with Crippen LogP contribution in [0.3, 0.4) is 0 Å². The van der Waals surface area contributed by atoms with Crippen LogP contribution in [0.4, 0.5) is 0 Å². The molecule has 0 bridgehead atoms. The molecule has 1 aromatic heterocycles. The van der Waals surface area contributed by atoms with Crippen LogP contribution in [0.2, 0.25) is 0 Å². The third kappa shape index (κ3) is 2.93. The van der Waals surface area contributed by atoms with E-state index in [9.17, 15) is 0 Å². The van der Waals surface area contributed by atoms with Crippen LogP contribution < -0.4 is 5.32 Å². The molecule has 0 radical (unpaired) electrons. The van der Waals surface area contributed by atoms with Crippen molar-refractivity contribution in [2.24, 2.45) is 5.41 Å². The molecular weight excluding hydrogens is 318 g/mol. The van der Waals surface area contributed by atoms with Gasteiger partial charge < -0.3 is 5.32 Å². The molecule has 1 heterocycles. The molecule has 2 aliphatic carbocycles. The van der Waals surface area contributed by atoms with Gasteiger partial charge in [0, 0.05) is 17.0 Å². The summed E-state index contributed by atoms with van der Waals surface area (Å²) in [5.74, 6) is 0. The highest BCUT2D eigenvalue weighted by Crippen LogP contribution is 2.41. The van der Waals surface area contributed by atoms with E-state index in [-0.39, 0.29) is 0 Å². The molecule has 19 heavy (non-hydrogen) atoms. The van der Waals surface area contributed by atoms with Crippen LogP contribution in [0.5, 0.6) is 0 Å². The van der Waals surface area contributed by atoms with E-state index in [1.807, 2.05) is 11.3 Å². The van der Waals surface area contributed by atoms with Crippen molar-refractivity contribution in [3.8, 4) is 0 Å². The SMILES string of the molecule is CC1(C)CCCCC1NC1CCCc2sc(Br)cc21. The maximum atomic E-state index is 4.00. The van der Waals surface area contributed by atoms with Crippen LogP contribution >= 0.6 is 27.3 Å². The van der Waals surface area contributed by atoms with Gasteiger partial charge in [0.15, 0.2) is 0 Å². The maximum absolute atomic E-state index is 4.00. The van der Waals surface area contributed by atoms with Gasteiger partial charge in [-0.2, -0.15) is 0 Å². The van der Waals surface area contributed by atoms with Crippen molar-refractivity contribution in [1.82, 2.24) is 5.32 Å². The first-order valence-corrected chi connectivity index (χ1v) is 9.21. The average Bonchev–Trinajstić information content (AvgIpc) is 2.73. The number of fused-ring (bicyclic) bond motifs is 1. The number of hydrogen-bond donors (Lipinski definition) is 1. The first kappa shape index (κ1) is 14.1. The molecule has 1 fully saturated rings. The summed E-state index contributed by atoms with van der Waals surface area (Å²) in [4.78, 5) is 1.60. The Balaban J connectivity index is 1.77. The van der Waals surface area contributed by atoms with Crippen molar-refractivity contribution in [3.05, 3.63) is 20.3 Å². The fraction of sp³-hybridized carbons (Fsp3) is 0.750. The summed E-state index contributed by atoms with van der Waals surface area (Å²) in [7, 11) is 0. The predicted octanol–water partition coefficient (Wildman–Crippen LogP) is 5.45. The molecule has 1 saturated carbocycles. The molecular formula is C16H24BrNS. The van der Waals surface area contributed by atoms with E-state index < -0.39 is 0 Å². The molecule has 106 valence electrons. The molecule has 1 aromatic rings. The second-order valence-electron chi connectivity index (χ2n) is 6.83. The summed E-state index contributed by atoms with van der Waals surface area (Å²) >= 11 is 5.59. The van der Waals surface area contributed by atoms with Gasteiger partial charge in [0.1, 0.15) is 0 Å². The largest absolute Gasteiger partial charge is 0.307 e. The van der Waals surface area contributed by atoms with E-state index in [2.05, 4.69) is 41.2 Å². The van der Waals surface area contributed by atoms with E-state index in [0.717, 1.165) is 0 Å². The van der Waals surface area contributed by atoms with Crippen LogP contribution in [0.25, 0.3) is 0 Å². The molecule has 1 N–H and O–H groups in total. The molecule has 0 amide bonds. The Bertz CT molecular complexity index is 452. The highest BCUT2D eigenvalue weighted by molar-refractivity contribution is 9.11. The van der Waals surface area contributed by atoms with Crippen molar-refractivity contribution >= 4 is 27.3 Å². The third-order valence-electron chi connectivity index (χ3n) is 4.99. The molecule has 2 aliphatic rings. The highest BCUT2D eigenvalue weighted by atomic mass is 79.9. The Kier molecular flexibility index (Phi) is 4.08. The molecule has 2 unspecified atom stereocenters. The number of nitrogens with one attached hydrogen (secondary N) is 1. The number of rotatable bonds is 2. The van der Waals surface area contributed by atoms with Crippen LogP contribution in [0, 0.1) is 5.41 Å². The van der Waals surface area contributed by atoms with Crippen molar-refractivity contribution in [3.63, 3.8) is 0 Å². The first-order chi connectivity index (χ1) is 9.06. The molecule has 0 aliphatic heterocycles. The Labute approximate surface area is 129 Å². The van der Waals surface area contributed by atoms with Crippen LogP contribution in [-0.4, -0.2) is 6.04 Å². The quantitative estimate of drug-likeness (QED) is 0.754. The maximum Gasteiger partial charge on any atom is 0.0704 e. The number of halogens is 1. The zero-order valence-electron chi connectivity index (χ0n) is 12.0. The third-order valence-corrected chi connectivity index (χ3v) is 6.71. The number of hydrogen-bond acceptors (Lipinski definition) is 2. The van der Waals surface area contributed by atoms with Crippen LogP contribution in [0.15, 0.2) is 9.85 Å². The van der Waals surface area contributed by atoms with Gasteiger partial charge in [-0.1, -0.05) is 26.7 Å². The van der Waals surface area contributed by atoms with Crippen molar-refractivity contribution in [2.45, 2.75) is 70.9 Å². The average molecular weight is 342 g/mol. The summed E-state index contributed by atoms with van der Waals surface area (Å²) in [6.07, 6.45) is 9.45. The summed E-state index contributed by atoms with van der Waals surface area (Å²) in [5.41, 5.74) is 2.04. The van der Waals surface area contributed by atoms with Crippen LogP contribution in [-0.2, 0) is 6.42 Å². The van der Waals surface area contributed by atoms with Gasteiger partial charge in [-0.05, 0) is 65.1 Å². The van der Waals surface area contributed by atoms with Gasteiger partial charge in [0.2, 0.25) is 0 Å². The highest BCUT2D eigenvalue weighted by Gasteiger charge is 2.34. The van der Waals surface area contributed by atoms with E-state index >= 15 is 0 Å². The lowest BCUT2D eigenvalue weighted by Gasteiger charge is -2.42. The standard InChI is InChI=1S/C16H24BrNS/c1-16(2)9-4-3-8-14(16)18-12-6-5-7-13-11(12)10-15(17)19-13/h10,12,14,18H,3-9H2,1-2H3. The lowest BCUT2D eigenvalue weighted by atomic mass is 9.72. The smallest absolute Gasteiger partial charge is 0.0704 e. The topological polar surface area (TPSA) is 12.0 Å². The normalized spacial score (nSPS) is 30.1. The summed E-state index contributed by atoms with van der Waals surface area (Å²) in [5, 5.41) is 4.00. The van der Waals surface area contributed by atoms with Gasteiger partial charge in [0.05, 0.1) is 3.79 Å². The minimum atomic E-state index is 0.461. The van der Waals surface area contributed by atoms with Crippen molar-refractivity contribution in [2.75, 3.05) is 0 Å². The second kappa shape index (κ2) is 5.50. The van der Waals surface area contributed by atoms with E-state index in [1.165, 1.54) is 48.7 Å². The molecule has 0 aromatic carbocycles. The second-order valence-corrected chi connectivity index (χ2v) is 9.34. The zero-order chi connectivity index (χ0) is 13.5. The molecule has 3 rings (SSSR count). The van der Waals surface area contributed by atoms with Gasteiger partial charge in [-0.3, -0.25) is 0 Å². The number of thiophene rings is 1. The Morgan fingerprint density at radius 3 is 2.89 bits per heavy atom. The molecule has 0 saturated heterocycles. The van der Waals surface area contributed by atoms with E-state index in [4.69, 9.17) is 0 Å². The summed E-state index contributed by atoms with van der Waals surface area (Å²) in [6, 6.07) is 3.64. The van der Waals surface area contributed by atoms with Gasteiger partial charge in [-0.25, -0.2) is 0 Å². The molecule has 2 atom stereocenters. The van der Waals surface area contributed by atoms with Gasteiger partial charge in [0.25, 0.3) is 0 Å². The lowest BCUT2D eigenvalue weighted by molar-refractivity contribution is 0.151. The van der Waals surface area contributed by atoms with E-state index in [1.54, 1.807) is 10.4 Å². The lowest BCUT2D eigenvalue weighted by Crippen LogP contribution is -2.46. The number of aryl methyl sites for hydroxylation is 1. The fourth-order valence-electron chi connectivity index (χ4n) is 3.74. The molecule has 3 heteroatoms. The van der Waals surface area contributed by atoms with Gasteiger partial charge >= 0.3 is 0 Å². The Hall–Kier alpha value is 0.140. The Morgan fingerprint density at radius 1 is 1.26 bits per heavy atom. The van der Waals surface area contributed by atoms with E-state index in [0.29, 0.717) is 17.5 Å². The van der Waals surface area contributed by atoms with Crippen molar-refractivity contribution in [1.29, 1.82) is 0 Å². The summed E-state index contributed by atoms with van der Waals surface area (Å²) < 4.78 is 1.30. The van der Waals surface area contributed by atoms with Gasteiger partial charge in [-0.15, -0.1) is 11.3 Å². The fourth-order valence-corrected chi connectivity index (χ4v) is 5.56. The van der Waals surface area contributed by atoms with Crippen molar-refractivity contribution < 1.29 is 0 Å². The Morgan fingerprint density at radius 2 is 2.11 bits per heavy atom. The monoisotopic (exact) mass is 341 g/mol. The molecule has 1 nitrogen and oxygen atoms in total. The minimum Gasteiger partial charge on any atom is -0.307 e. The molecule has 0 spiro atoms. The predicted molar refractivity (Wildman–Crippen MR) is 86.9 cm³/mol. The first-order valence-electron chi connectivity index (χ1n) is 7.60.